The molecular weight excluding hydrogens is 420 g/mol. The van der Waals surface area contributed by atoms with E-state index >= 15 is 0 Å². The maximum atomic E-state index is 13.1. The van der Waals surface area contributed by atoms with Crippen LogP contribution in [-0.2, 0) is 11.3 Å². The number of nitrogen functional groups attached to an aromatic ring is 1. The number of Topliss-reactive ketones (excluding diaryl/α,β-unsaturated/α-hetero) is 1. The van der Waals surface area contributed by atoms with Crippen LogP contribution >= 0.6 is 0 Å². The van der Waals surface area contributed by atoms with Crippen molar-refractivity contribution in [2.75, 3.05) is 18.8 Å². The van der Waals surface area contributed by atoms with E-state index in [1.807, 2.05) is 44.2 Å². The zero-order valence-corrected chi connectivity index (χ0v) is 19.1. The van der Waals surface area contributed by atoms with Crippen LogP contribution in [0, 0.1) is 26.7 Å². The molecule has 0 aliphatic carbocycles. The number of nitrogens with zero attached hydrogens (tertiary/aromatic N) is 5. The Bertz CT molecular complexity index is 1260. The fraction of sp³-hybridized carbons (Fsp3) is 0.375. The molecule has 0 bridgehead atoms. The Balaban J connectivity index is 1.40. The summed E-state index contributed by atoms with van der Waals surface area (Å²) in [4.78, 5) is 43.6. The van der Waals surface area contributed by atoms with Crippen molar-refractivity contribution in [3.8, 4) is 5.69 Å². The number of carbonyl (C=O) groups excluding carboxylic acids is 2. The highest BCUT2D eigenvalue weighted by Gasteiger charge is 2.33. The molecule has 9 heteroatoms. The second-order valence-electron chi connectivity index (χ2n) is 8.60. The number of rotatable bonds is 6. The zero-order valence-electron chi connectivity index (χ0n) is 19.1. The Morgan fingerprint density at radius 1 is 1.15 bits per heavy atom. The number of nitrogens with two attached hydrogens (primary N) is 1. The number of aromatic nitrogens is 4. The molecule has 0 spiro atoms. The lowest BCUT2D eigenvalue weighted by atomic mass is 9.98. The monoisotopic (exact) mass is 448 g/mol. The van der Waals surface area contributed by atoms with Gasteiger partial charge in [0.05, 0.1) is 17.4 Å². The highest BCUT2D eigenvalue weighted by molar-refractivity contribution is 6.02. The lowest BCUT2D eigenvalue weighted by molar-refractivity contribution is -0.130. The van der Waals surface area contributed by atoms with Crippen LogP contribution in [0.5, 0.6) is 0 Å². The normalized spacial score (nSPS) is 15.7. The van der Waals surface area contributed by atoms with Gasteiger partial charge in [0.1, 0.15) is 5.82 Å². The van der Waals surface area contributed by atoms with Gasteiger partial charge in [-0.2, -0.15) is 10.1 Å². The lowest BCUT2D eigenvalue weighted by Crippen LogP contribution is -2.33. The Hall–Kier alpha value is -3.75. The van der Waals surface area contributed by atoms with Gasteiger partial charge in [0, 0.05) is 43.4 Å². The SMILES string of the molecule is Cc1ccc(-n2ncc(C(=O)[C@@H]3CCN(C(=O)CCn4c(C)cc(C)nc4=O)C3)c2N)cc1. The molecule has 9 nitrogen and oxygen atoms in total. The molecule has 1 aliphatic heterocycles. The smallest absolute Gasteiger partial charge is 0.347 e. The van der Waals surface area contributed by atoms with Crippen LogP contribution < -0.4 is 11.4 Å². The quantitative estimate of drug-likeness (QED) is 0.577. The van der Waals surface area contributed by atoms with Gasteiger partial charge in [-0.25, -0.2) is 9.48 Å². The summed E-state index contributed by atoms with van der Waals surface area (Å²) in [5, 5.41) is 4.30. The number of aryl methyl sites for hydroxylation is 3. The van der Waals surface area contributed by atoms with Gasteiger partial charge in [0.25, 0.3) is 0 Å². The van der Waals surface area contributed by atoms with Gasteiger partial charge in [-0.3, -0.25) is 14.2 Å². The van der Waals surface area contributed by atoms with Crippen LogP contribution in [0.4, 0.5) is 5.82 Å². The number of hydrogen-bond acceptors (Lipinski definition) is 6. The molecule has 3 heterocycles. The maximum Gasteiger partial charge on any atom is 0.347 e. The van der Waals surface area contributed by atoms with Crippen molar-refractivity contribution in [2.24, 2.45) is 5.92 Å². The first-order chi connectivity index (χ1) is 15.7. The predicted molar refractivity (Wildman–Crippen MR) is 124 cm³/mol. The number of anilines is 1. The van der Waals surface area contributed by atoms with Crippen LogP contribution in [0.15, 0.2) is 41.3 Å². The largest absolute Gasteiger partial charge is 0.383 e. The molecule has 3 aromatic rings. The molecule has 4 rings (SSSR count). The van der Waals surface area contributed by atoms with Crippen LogP contribution in [-0.4, -0.2) is 49.0 Å². The van der Waals surface area contributed by atoms with Crippen molar-refractivity contribution in [3.63, 3.8) is 0 Å². The fourth-order valence-corrected chi connectivity index (χ4v) is 4.27. The molecule has 172 valence electrons. The highest BCUT2D eigenvalue weighted by atomic mass is 16.2. The minimum absolute atomic E-state index is 0.0829. The molecule has 1 aromatic carbocycles. The lowest BCUT2D eigenvalue weighted by Gasteiger charge is -2.17. The van der Waals surface area contributed by atoms with Gasteiger partial charge in [-0.15, -0.1) is 0 Å². The Kier molecular flexibility index (Phi) is 6.13. The van der Waals surface area contributed by atoms with E-state index in [0.29, 0.717) is 36.6 Å². The van der Waals surface area contributed by atoms with E-state index in [2.05, 4.69) is 10.1 Å². The molecule has 33 heavy (non-hydrogen) atoms. The molecule has 0 saturated carbocycles. The number of benzene rings is 1. The topological polar surface area (TPSA) is 116 Å². The minimum Gasteiger partial charge on any atom is -0.383 e. The van der Waals surface area contributed by atoms with Crippen LogP contribution in [0.3, 0.4) is 0 Å². The minimum atomic E-state index is -0.351. The van der Waals surface area contributed by atoms with Gasteiger partial charge in [-0.05, 0) is 45.4 Å². The highest BCUT2D eigenvalue weighted by Crippen LogP contribution is 2.26. The molecular formula is C24H28N6O3. The first-order valence-corrected chi connectivity index (χ1v) is 11.0. The third-order valence-corrected chi connectivity index (χ3v) is 6.16. The predicted octanol–water partition coefficient (Wildman–Crippen LogP) is 2.06. The molecule has 1 fully saturated rings. The number of ketones is 1. The van der Waals surface area contributed by atoms with Crippen molar-refractivity contribution in [1.29, 1.82) is 0 Å². The summed E-state index contributed by atoms with van der Waals surface area (Å²) in [6.07, 6.45) is 2.26. The van der Waals surface area contributed by atoms with E-state index in [4.69, 9.17) is 5.73 Å². The molecule has 0 unspecified atom stereocenters. The van der Waals surface area contributed by atoms with Gasteiger partial charge < -0.3 is 10.6 Å². The van der Waals surface area contributed by atoms with Crippen LogP contribution in [0.2, 0.25) is 0 Å². The Morgan fingerprint density at radius 2 is 1.88 bits per heavy atom. The van der Waals surface area contributed by atoms with E-state index in [-0.39, 0.29) is 36.3 Å². The van der Waals surface area contributed by atoms with Gasteiger partial charge in [0.15, 0.2) is 5.78 Å². The van der Waals surface area contributed by atoms with Crippen molar-refractivity contribution < 1.29 is 9.59 Å². The second-order valence-corrected chi connectivity index (χ2v) is 8.60. The van der Waals surface area contributed by atoms with Crippen molar-refractivity contribution in [2.45, 2.75) is 40.2 Å². The number of likely N-dealkylation sites (tertiary alicyclic amines) is 1. The zero-order chi connectivity index (χ0) is 23.7. The summed E-state index contributed by atoms with van der Waals surface area (Å²) >= 11 is 0. The third kappa shape index (κ3) is 4.57. The van der Waals surface area contributed by atoms with Gasteiger partial charge in [0.2, 0.25) is 5.91 Å². The van der Waals surface area contributed by atoms with Gasteiger partial charge in [-0.1, -0.05) is 17.7 Å². The van der Waals surface area contributed by atoms with Crippen molar-refractivity contribution in [3.05, 3.63) is 69.5 Å². The van der Waals surface area contributed by atoms with Crippen molar-refractivity contribution in [1.82, 2.24) is 24.2 Å². The summed E-state index contributed by atoms with van der Waals surface area (Å²) < 4.78 is 3.06. The van der Waals surface area contributed by atoms with E-state index in [9.17, 15) is 14.4 Å². The fourth-order valence-electron chi connectivity index (χ4n) is 4.27. The number of amides is 1. The molecule has 1 amide bonds. The molecule has 2 aromatic heterocycles. The Labute approximate surface area is 191 Å². The molecule has 1 saturated heterocycles. The summed E-state index contributed by atoms with van der Waals surface area (Å²) in [6, 6.07) is 9.54. The van der Waals surface area contributed by atoms with E-state index < -0.39 is 0 Å². The second kappa shape index (κ2) is 9.01. The molecule has 2 N–H and O–H groups in total. The standard InChI is InChI=1S/C24H28N6O3/c1-15-4-6-19(7-5-15)30-23(25)20(13-26-30)22(32)18-8-10-28(14-18)21(31)9-11-29-17(3)12-16(2)27-24(29)33/h4-7,12-13,18H,8-11,14,25H2,1-3H3/t18-/m1/s1. The number of hydrogen-bond donors (Lipinski definition) is 1. The average molecular weight is 449 g/mol. The summed E-state index contributed by atoms with van der Waals surface area (Å²) in [5.74, 6) is -0.204. The average Bonchev–Trinajstić information content (AvgIpc) is 3.40. The third-order valence-electron chi connectivity index (χ3n) is 6.16. The molecule has 1 atom stereocenters. The summed E-state index contributed by atoms with van der Waals surface area (Å²) in [6.45, 7) is 6.69. The molecule has 0 radical (unpaired) electrons. The van der Waals surface area contributed by atoms with E-state index in [1.54, 1.807) is 16.5 Å². The molecule has 1 aliphatic rings. The van der Waals surface area contributed by atoms with Crippen LogP contribution in [0.1, 0.15) is 40.2 Å². The number of carbonyl (C=O) groups is 2. The summed E-state index contributed by atoms with van der Waals surface area (Å²) in [7, 11) is 0. The Morgan fingerprint density at radius 3 is 2.58 bits per heavy atom. The maximum absolute atomic E-state index is 13.1. The van der Waals surface area contributed by atoms with E-state index in [1.165, 1.54) is 10.8 Å². The summed E-state index contributed by atoms with van der Waals surface area (Å²) in [5.41, 5.74) is 9.62. The first kappa shape index (κ1) is 22.4. The van der Waals surface area contributed by atoms with Gasteiger partial charge >= 0.3 is 5.69 Å². The first-order valence-electron chi connectivity index (χ1n) is 11.0. The van der Waals surface area contributed by atoms with Crippen molar-refractivity contribution >= 4 is 17.5 Å². The van der Waals surface area contributed by atoms with Crippen LogP contribution in [0.25, 0.3) is 5.69 Å². The van der Waals surface area contributed by atoms with E-state index in [0.717, 1.165) is 16.9 Å².